The van der Waals surface area contributed by atoms with Gasteiger partial charge < -0.3 is 10.2 Å². The van der Waals surface area contributed by atoms with Gasteiger partial charge in [0, 0.05) is 11.6 Å². The molecule has 11 heteroatoms. The Kier molecular flexibility index (Phi) is 8.52. The van der Waals surface area contributed by atoms with E-state index in [1.807, 2.05) is 0 Å². The van der Waals surface area contributed by atoms with Crippen LogP contribution in [0.15, 0.2) is 73.8 Å². The second-order valence-corrected chi connectivity index (χ2v) is 12.6. The lowest BCUT2D eigenvalue weighted by Crippen LogP contribution is -2.25. The van der Waals surface area contributed by atoms with Crippen molar-refractivity contribution in [3.63, 3.8) is 0 Å². The standard InChI is InChI=1S/C22H26ClN3O4S3/c1-3-26(4-2)16-8-15-24-20-21(32(27,28)19-13-11-17(23)12-14-19)25-22(31-20)33(29,30)18-9-6-5-7-10-18/h5-7,9-14,24H,3-4,8,15-16H2,1-2H3. The summed E-state index contributed by atoms with van der Waals surface area (Å²) in [6.07, 6.45) is 0.765. The fraction of sp³-hybridized carbons (Fsp3) is 0.318. The first-order chi connectivity index (χ1) is 15.7. The van der Waals surface area contributed by atoms with Crippen molar-refractivity contribution in [1.82, 2.24) is 9.88 Å². The SMILES string of the molecule is CCN(CC)CCCNc1sc(S(=O)(=O)c2ccccc2)nc1S(=O)(=O)c1ccc(Cl)cc1. The predicted octanol–water partition coefficient (Wildman–Crippen LogP) is 4.61. The molecule has 0 amide bonds. The Hall–Kier alpha value is -1.98. The molecule has 0 aliphatic rings. The number of sulfone groups is 2. The molecule has 3 rings (SSSR count). The zero-order chi connectivity index (χ0) is 24.1. The summed E-state index contributed by atoms with van der Waals surface area (Å²) in [5.41, 5.74) is 0. The van der Waals surface area contributed by atoms with Crippen LogP contribution in [0.5, 0.6) is 0 Å². The molecule has 2 aromatic carbocycles. The Morgan fingerprint density at radius 2 is 1.52 bits per heavy atom. The molecule has 7 nitrogen and oxygen atoms in total. The first kappa shape index (κ1) is 25.6. The van der Waals surface area contributed by atoms with Gasteiger partial charge in [0.2, 0.25) is 24.0 Å². The summed E-state index contributed by atoms with van der Waals surface area (Å²) in [5, 5.41) is 3.41. The van der Waals surface area contributed by atoms with Crippen LogP contribution in [-0.4, -0.2) is 52.9 Å². The second-order valence-electron chi connectivity index (χ2n) is 7.20. The van der Waals surface area contributed by atoms with Crippen LogP contribution in [0.4, 0.5) is 5.00 Å². The van der Waals surface area contributed by atoms with E-state index in [0.29, 0.717) is 11.6 Å². The number of benzene rings is 2. The molecule has 0 fully saturated rings. The molecule has 33 heavy (non-hydrogen) atoms. The van der Waals surface area contributed by atoms with Crippen LogP contribution in [0.25, 0.3) is 0 Å². The topological polar surface area (TPSA) is 96.4 Å². The number of nitrogens with zero attached hydrogens (tertiary/aromatic N) is 2. The fourth-order valence-electron chi connectivity index (χ4n) is 3.17. The van der Waals surface area contributed by atoms with Crippen molar-refractivity contribution >= 4 is 47.6 Å². The number of anilines is 1. The highest BCUT2D eigenvalue weighted by atomic mass is 35.5. The van der Waals surface area contributed by atoms with E-state index < -0.39 is 19.7 Å². The van der Waals surface area contributed by atoms with E-state index in [-0.39, 0.29) is 24.2 Å². The van der Waals surface area contributed by atoms with Crippen LogP contribution < -0.4 is 5.32 Å². The summed E-state index contributed by atoms with van der Waals surface area (Å²) in [4.78, 5) is 6.42. The zero-order valence-electron chi connectivity index (χ0n) is 18.4. The number of aromatic nitrogens is 1. The zero-order valence-corrected chi connectivity index (χ0v) is 21.6. The maximum atomic E-state index is 13.3. The van der Waals surface area contributed by atoms with Crippen LogP contribution in [0, 0.1) is 0 Å². The van der Waals surface area contributed by atoms with Crippen molar-refractivity contribution < 1.29 is 16.8 Å². The first-order valence-electron chi connectivity index (χ1n) is 10.5. The van der Waals surface area contributed by atoms with Gasteiger partial charge >= 0.3 is 0 Å². The van der Waals surface area contributed by atoms with Crippen LogP contribution in [-0.2, 0) is 19.7 Å². The Labute approximate surface area is 204 Å². The summed E-state index contributed by atoms with van der Waals surface area (Å²) < 4.78 is 52.6. The van der Waals surface area contributed by atoms with Gasteiger partial charge in [-0.15, -0.1) is 0 Å². The van der Waals surface area contributed by atoms with Gasteiger partial charge in [0.25, 0.3) is 0 Å². The lowest BCUT2D eigenvalue weighted by molar-refractivity contribution is 0.303. The molecule has 0 aliphatic carbocycles. The van der Waals surface area contributed by atoms with E-state index in [1.54, 1.807) is 18.2 Å². The van der Waals surface area contributed by atoms with Gasteiger partial charge in [-0.05, 0) is 62.5 Å². The van der Waals surface area contributed by atoms with Crippen LogP contribution in [0.3, 0.4) is 0 Å². The quantitative estimate of drug-likeness (QED) is 0.364. The number of rotatable bonds is 11. The smallest absolute Gasteiger partial charge is 0.233 e. The molecular formula is C22H26ClN3O4S3. The largest absolute Gasteiger partial charge is 0.374 e. The molecule has 0 spiro atoms. The van der Waals surface area contributed by atoms with Crippen LogP contribution in [0.2, 0.25) is 5.02 Å². The number of thiazole rings is 1. The van der Waals surface area contributed by atoms with Gasteiger partial charge in [0.15, 0.2) is 5.03 Å². The summed E-state index contributed by atoms with van der Waals surface area (Å²) in [6, 6.07) is 13.6. The highest BCUT2D eigenvalue weighted by molar-refractivity contribution is 7.94. The minimum Gasteiger partial charge on any atom is -0.374 e. The third kappa shape index (κ3) is 5.93. The molecule has 0 bridgehead atoms. The molecule has 1 N–H and O–H groups in total. The minimum atomic E-state index is -4.07. The van der Waals surface area contributed by atoms with Gasteiger partial charge in [0.1, 0.15) is 5.00 Å². The van der Waals surface area contributed by atoms with E-state index in [9.17, 15) is 16.8 Å². The summed E-state index contributed by atoms with van der Waals surface area (Å²) in [5.74, 6) is 0. The number of halogens is 1. The third-order valence-electron chi connectivity index (χ3n) is 5.07. The minimum absolute atomic E-state index is 0.00736. The van der Waals surface area contributed by atoms with E-state index in [2.05, 4.69) is 29.0 Å². The normalized spacial score (nSPS) is 12.2. The summed E-state index contributed by atoms with van der Waals surface area (Å²) >= 11 is 6.73. The summed E-state index contributed by atoms with van der Waals surface area (Å²) in [7, 11) is -8.04. The third-order valence-corrected chi connectivity index (χ3v) is 10.3. The fourth-order valence-corrected chi connectivity index (χ4v) is 7.63. The van der Waals surface area contributed by atoms with Crippen molar-refractivity contribution in [2.45, 2.75) is 39.4 Å². The van der Waals surface area contributed by atoms with Gasteiger partial charge in [-0.1, -0.05) is 55.0 Å². The molecule has 3 aromatic rings. The van der Waals surface area contributed by atoms with Gasteiger partial charge in [-0.25, -0.2) is 21.8 Å². The average molecular weight is 528 g/mol. The Balaban J connectivity index is 1.98. The van der Waals surface area contributed by atoms with Crippen LogP contribution in [0.1, 0.15) is 20.3 Å². The highest BCUT2D eigenvalue weighted by Gasteiger charge is 2.31. The van der Waals surface area contributed by atoms with E-state index in [0.717, 1.165) is 37.4 Å². The number of nitrogens with one attached hydrogen (secondary N) is 1. The molecule has 1 heterocycles. The predicted molar refractivity (Wildman–Crippen MR) is 132 cm³/mol. The maximum absolute atomic E-state index is 13.3. The van der Waals surface area contributed by atoms with Gasteiger partial charge in [-0.2, -0.15) is 0 Å². The summed E-state index contributed by atoms with van der Waals surface area (Å²) in [6.45, 7) is 7.33. The average Bonchev–Trinajstić information content (AvgIpc) is 3.26. The molecule has 0 saturated heterocycles. The molecule has 1 aromatic heterocycles. The molecule has 178 valence electrons. The first-order valence-corrected chi connectivity index (χ1v) is 14.6. The van der Waals surface area contributed by atoms with E-state index in [1.165, 1.54) is 36.4 Å². The lowest BCUT2D eigenvalue weighted by atomic mass is 10.3. The molecule has 0 saturated carbocycles. The maximum Gasteiger partial charge on any atom is 0.233 e. The molecule has 0 atom stereocenters. The number of hydrogen-bond donors (Lipinski definition) is 1. The highest BCUT2D eigenvalue weighted by Crippen LogP contribution is 2.36. The lowest BCUT2D eigenvalue weighted by Gasteiger charge is -2.17. The molecule has 0 unspecified atom stereocenters. The monoisotopic (exact) mass is 527 g/mol. The second kappa shape index (κ2) is 11.0. The van der Waals surface area contributed by atoms with E-state index >= 15 is 0 Å². The van der Waals surface area contributed by atoms with Crippen LogP contribution >= 0.6 is 22.9 Å². The van der Waals surface area contributed by atoms with E-state index in [4.69, 9.17) is 11.6 Å². The van der Waals surface area contributed by atoms with Gasteiger partial charge in [-0.3, -0.25) is 0 Å². The molecular weight excluding hydrogens is 502 g/mol. The van der Waals surface area contributed by atoms with Crippen molar-refractivity contribution in [3.05, 3.63) is 59.6 Å². The molecule has 0 radical (unpaired) electrons. The van der Waals surface area contributed by atoms with Crippen molar-refractivity contribution in [2.24, 2.45) is 0 Å². The Morgan fingerprint density at radius 1 is 0.909 bits per heavy atom. The molecule has 0 aliphatic heterocycles. The van der Waals surface area contributed by atoms with Crippen molar-refractivity contribution in [2.75, 3.05) is 31.5 Å². The number of hydrogen-bond acceptors (Lipinski definition) is 8. The Bertz CT molecular complexity index is 1270. The van der Waals surface area contributed by atoms with Gasteiger partial charge in [0.05, 0.1) is 9.79 Å². The Morgan fingerprint density at radius 3 is 2.12 bits per heavy atom. The van der Waals surface area contributed by atoms with Crippen molar-refractivity contribution in [3.8, 4) is 0 Å². The van der Waals surface area contributed by atoms with Crippen molar-refractivity contribution in [1.29, 1.82) is 0 Å².